The summed E-state index contributed by atoms with van der Waals surface area (Å²) in [5, 5.41) is 8.78. The van der Waals surface area contributed by atoms with E-state index in [2.05, 4.69) is 0 Å². The van der Waals surface area contributed by atoms with Crippen LogP contribution in [0.4, 0.5) is 13.2 Å². The first kappa shape index (κ1) is 30.8. The quantitative estimate of drug-likeness (QED) is 0.274. The summed E-state index contributed by atoms with van der Waals surface area (Å²) in [6, 6.07) is 31.1. The van der Waals surface area contributed by atoms with Gasteiger partial charge in [-0.2, -0.15) is 13.2 Å². The fourth-order valence-corrected chi connectivity index (χ4v) is 7.28. The molecule has 3 aromatic carbocycles. The van der Waals surface area contributed by atoms with Gasteiger partial charge in [-0.25, -0.2) is 4.79 Å². The molecule has 2 unspecified atom stereocenters. The van der Waals surface area contributed by atoms with E-state index in [0.29, 0.717) is 18.7 Å². The van der Waals surface area contributed by atoms with E-state index in [1.54, 1.807) is 0 Å². The van der Waals surface area contributed by atoms with Crippen molar-refractivity contribution in [2.45, 2.75) is 75.1 Å². The van der Waals surface area contributed by atoms with Crippen LogP contribution in [0.3, 0.4) is 0 Å². The lowest BCUT2D eigenvalue weighted by atomic mass is 9.85. The number of carbonyl (C=O) groups is 2. The van der Waals surface area contributed by atoms with E-state index in [4.69, 9.17) is 19.4 Å². The molecule has 0 radical (unpaired) electrons. The van der Waals surface area contributed by atoms with Gasteiger partial charge in [-0.1, -0.05) is 91.0 Å². The highest BCUT2D eigenvalue weighted by atomic mass is 19.4. The highest BCUT2D eigenvalue weighted by molar-refractivity contribution is 5.86. The van der Waals surface area contributed by atoms with E-state index in [0.717, 1.165) is 29.5 Å². The van der Waals surface area contributed by atoms with Crippen LogP contribution in [-0.4, -0.2) is 53.9 Å². The van der Waals surface area contributed by atoms with Crippen molar-refractivity contribution in [2.24, 2.45) is 0 Å². The molecule has 0 aromatic heterocycles. The van der Waals surface area contributed by atoms with Crippen molar-refractivity contribution in [1.82, 2.24) is 0 Å². The smallest absolute Gasteiger partial charge is 0.430 e. The lowest BCUT2D eigenvalue weighted by molar-refractivity contribution is -0.956. The molecule has 3 aromatic rings. The number of hydrogen-bond donors (Lipinski definition) is 0. The highest BCUT2D eigenvalue weighted by Gasteiger charge is 2.56. The first-order valence-corrected chi connectivity index (χ1v) is 14.8. The zero-order valence-corrected chi connectivity index (χ0v) is 23.9. The van der Waals surface area contributed by atoms with Crippen LogP contribution in [0.2, 0.25) is 0 Å². The maximum absolute atomic E-state index is 14.3. The van der Waals surface area contributed by atoms with Crippen molar-refractivity contribution < 1.29 is 41.8 Å². The second kappa shape index (κ2) is 12.9. The Kier molecular flexibility index (Phi) is 9.22. The molecule has 0 aliphatic carbocycles. The van der Waals surface area contributed by atoms with E-state index in [1.165, 1.54) is 43.3 Å². The average molecular weight is 596 g/mol. The molecule has 2 atom stereocenters. The normalized spacial score (nSPS) is 22.4. The third kappa shape index (κ3) is 6.48. The van der Waals surface area contributed by atoms with Gasteiger partial charge in [0.15, 0.2) is 0 Å². The first-order valence-electron chi connectivity index (χ1n) is 14.8. The van der Waals surface area contributed by atoms with Crippen LogP contribution in [0.15, 0.2) is 91.0 Å². The minimum atomic E-state index is -5.19. The molecular weight excluding hydrogens is 559 g/mol. The van der Waals surface area contributed by atoms with E-state index in [9.17, 15) is 18.0 Å². The number of carboxylic acid groups (broad SMARTS) is 1. The number of carbonyl (C=O) groups excluding carboxylic acids is 2. The second-order valence-corrected chi connectivity index (χ2v) is 11.6. The Morgan fingerprint density at radius 1 is 0.767 bits per heavy atom. The molecule has 3 saturated heterocycles. The number of carboxylic acids is 1. The molecule has 1 spiro atoms. The molecule has 43 heavy (non-hydrogen) atoms. The monoisotopic (exact) mass is 595 g/mol. The van der Waals surface area contributed by atoms with E-state index in [1.807, 2.05) is 91.0 Å². The van der Waals surface area contributed by atoms with E-state index >= 15 is 0 Å². The molecule has 3 aliphatic rings. The van der Waals surface area contributed by atoms with Crippen LogP contribution < -0.4 is 5.11 Å². The number of hydrogen-bond acceptors (Lipinski definition) is 5. The molecule has 0 saturated carbocycles. The minimum Gasteiger partial charge on any atom is -0.542 e. The van der Waals surface area contributed by atoms with Gasteiger partial charge in [0, 0.05) is 38.5 Å². The van der Waals surface area contributed by atoms with Crippen molar-refractivity contribution in [3.8, 4) is 0 Å². The number of alkyl halides is 3. The van der Waals surface area contributed by atoms with Crippen LogP contribution in [0.5, 0.6) is 0 Å². The maximum atomic E-state index is 14.3. The van der Waals surface area contributed by atoms with Crippen LogP contribution in [0.25, 0.3) is 0 Å². The van der Waals surface area contributed by atoms with Gasteiger partial charge in [-0.05, 0) is 16.7 Å². The van der Waals surface area contributed by atoms with Crippen LogP contribution in [0.1, 0.15) is 55.2 Å². The number of benzene rings is 3. The average Bonchev–Trinajstić information content (AvgIpc) is 3.55. The van der Waals surface area contributed by atoms with E-state index < -0.39 is 17.7 Å². The number of piperidine rings is 1. The Labute approximate surface area is 249 Å². The number of rotatable bonds is 7. The molecule has 0 N–H and O–H groups in total. The summed E-state index contributed by atoms with van der Waals surface area (Å²) >= 11 is 0. The Hall–Kier alpha value is -3.69. The van der Waals surface area contributed by atoms with Gasteiger partial charge in [-0.15, -0.1) is 0 Å². The maximum Gasteiger partial charge on any atom is 0.430 e. The van der Waals surface area contributed by atoms with Crippen molar-refractivity contribution in [3.05, 3.63) is 108 Å². The van der Waals surface area contributed by atoms with Gasteiger partial charge < -0.3 is 23.9 Å². The topological polar surface area (TPSA) is 75.7 Å². The second-order valence-electron chi connectivity index (χ2n) is 11.6. The van der Waals surface area contributed by atoms with Crippen LogP contribution in [0, 0.1) is 0 Å². The van der Waals surface area contributed by atoms with Gasteiger partial charge in [0.1, 0.15) is 12.1 Å². The van der Waals surface area contributed by atoms with Crippen molar-refractivity contribution >= 4 is 11.9 Å². The Bertz CT molecular complexity index is 1310. The third-order valence-electron chi connectivity index (χ3n) is 9.21. The fraction of sp³-hybridized carbons (Fsp3) is 0.412. The number of aliphatic carboxylic acids is 1. The Morgan fingerprint density at radius 3 is 1.65 bits per heavy atom. The number of quaternary nitrogens is 1. The zero-order chi connectivity index (χ0) is 30.5. The summed E-state index contributed by atoms with van der Waals surface area (Å²) in [5.74, 6) is -3.30. The largest absolute Gasteiger partial charge is 0.542 e. The molecule has 9 heteroatoms. The molecule has 6 rings (SSSR count). The number of nitrogens with zero attached hydrogens (tertiary/aromatic N) is 1. The molecule has 6 nitrogen and oxygen atoms in total. The van der Waals surface area contributed by atoms with Crippen molar-refractivity contribution in [3.63, 3.8) is 0 Å². The van der Waals surface area contributed by atoms with Gasteiger partial charge in [0.2, 0.25) is 5.60 Å². The predicted octanol–water partition coefficient (Wildman–Crippen LogP) is 5.29. The lowest BCUT2D eigenvalue weighted by Crippen LogP contribution is -2.60. The molecule has 3 aliphatic heterocycles. The SMILES string of the molecule is O=C(OC1CC2CCC(C1)[N+]21CCCC1)C(OCc1ccccc1)(c1ccccc1)c1ccccc1.O=C([O-])C(F)(F)F. The van der Waals surface area contributed by atoms with Gasteiger partial charge >= 0.3 is 12.1 Å². The van der Waals surface area contributed by atoms with Crippen molar-refractivity contribution in [2.75, 3.05) is 13.1 Å². The summed E-state index contributed by atoms with van der Waals surface area (Å²) in [7, 11) is 0. The van der Waals surface area contributed by atoms with Crippen LogP contribution >= 0.6 is 0 Å². The number of ether oxygens (including phenoxy) is 2. The van der Waals surface area contributed by atoms with Gasteiger partial charge in [-0.3, -0.25) is 0 Å². The Morgan fingerprint density at radius 2 is 1.21 bits per heavy atom. The minimum absolute atomic E-state index is 0.0496. The number of halogens is 3. The van der Waals surface area contributed by atoms with Gasteiger partial charge in [0.25, 0.3) is 0 Å². The summed E-state index contributed by atoms with van der Waals surface area (Å²) in [5.41, 5.74) is 1.31. The predicted molar refractivity (Wildman–Crippen MR) is 151 cm³/mol. The van der Waals surface area contributed by atoms with E-state index in [-0.39, 0.29) is 12.1 Å². The summed E-state index contributed by atoms with van der Waals surface area (Å²) in [6.07, 6.45) is 1.93. The molecule has 0 amide bonds. The highest BCUT2D eigenvalue weighted by Crippen LogP contribution is 2.47. The third-order valence-corrected chi connectivity index (χ3v) is 9.21. The Balaban J connectivity index is 0.000000472. The summed E-state index contributed by atoms with van der Waals surface area (Å²) < 4.78 is 46.0. The van der Waals surface area contributed by atoms with Crippen molar-refractivity contribution in [1.29, 1.82) is 0 Å². The zero-order valence-electron chi connectivity index (χ0n) is 23.9. The summed E-state index contributed by atoms with van der Waals surface area (Å²) in [4.78, 5) is 23.1. The summed E-state index contributed by atoms with van der Waals surface area (Å²) in [6.45, 7) is 2.94. The molecular formula is C34H36F3NO5. The fourth-order valence-electron chi connectivity index (χ4n) is 7.28. The molecule has 3 heterocycles. The molecule has 3 fully saturated rings. The number of esters is 1. The standard InChI is InChI=1S/C32H36NO3.C2HF3O2/c34-31(36-30-22-28-18-19-29(23-30)33(28)20-10-11-21-33)32(26-14-6-2-7-15-26,27-16-8-3-9-17-27)35-24-25-12-4-1-5-13-25;3-2(4,5)1(6)7/h1-9,12-17,28-30H,10-11,18-24H2;(H,6,7)/q+1;/p-1. The first-order chi connectivity index (χ1) is 20.6. The van der Waals surface area contributed by atoms with Crippen LogP contribution in [-0.2, 0) is 31.3 Å². The lowest BCUT2D eigenvalue weighted by Gasteiger charge is -2.47. The molecule has 2 bridgehead atoms. The molecule has 228 valence electrons. The van der Waals surface area contributed by atoms with Gasteiger partial charge in [0.05, 0.1) is 31.8 Å².